The van der Waals surface area contributed by atoms with Crippen LogP contribution in [0.25, 0.3) is 0 Å². The number of halogens is 1. The molecule has 0 spiro atoms. The van der Waals surface area contributed by atoms with Crippen LogP contribution in [0.1, 0.15) is 40.9 Å². The minimum atomic E-state index is -2.41. The average Bonchev–Trinajstić information content (AvgIpc) is 3.10. The van der Waals surface area contributed by atoms with E-state index in [1.165, 1.54) is 18.2 Å². The highest BCUT2D eigenvalue weighted by Gasteiger charge is 2.54. The first-order valence-electron chi connectivity index (χ1n) is 9.84. The predicted molar refractivity (Wildman–Crippen MR) is 112 cm³/mol. The molecular weight excluding hydrogens is 419 g/mol. The average molecular weight is 442 g/mol. The van der Waals surface area contributed by atoms with E-state index in [2.05, 4.69) is 5.32 Å². The number of hydrogen-bond donors (Lipinski definition) is 3. The highest BCUT2D eigenvalue weighted by atomic mass is 19.1. The molecule has 0 fully saturated rings. The summed E-state index contributed by atoms with van der Waals surface area (Å²) in [7, 11) is 0. The number of benzene rings is 2. The Morgan fingerprint density at radius 2 is 1.94 bits per heavy atom. The number of nitrogens with two attached hydrogens (primary N) is 1. The second-order valence-electron chi connectivity index (χ2n) is 7.06. The van der Waals surface area contributed by atoms with Gasteiger partial charge in [0, 0.05) is 30.2 Å². The van der Waals surface area contributed by atoms with Gasteiger partial charge in [0.1, 0.15) is 11.7 Å². The highest BCUT2D eigenvalue weighted by molar-refractivity contribution is 6.02. The lowest BCUT2D eigenvalue weighted by atomic mass is 10.1. The number of carbonyl (C=O) groups is 3. The third kappa shape index (κ3) is 4.30. The number of amidine groups is 1. The first kappa shape index (κ1) is 22.9. The predicted octanol–water partition coefficient (Wildman–Crippen LogP) is 1.64. The topological polar surface area (TPSA) is 135 Å². The van der Waals surface area contributed by atoms with Gasteiger partial charge in [-0.2, -0.15) is 0 Å². The molecule has 1 atom stereocenters. The van der Waals surface area contributed by atoms with Crippen molar-refractivity contribution in [3.8, 4) is 0 Å². The molecular formula is C22H23FN4O5. The molecule has 2 aromatic rings. The maximum atomic E-state index is 14.3. The van der Waals surface area contributed by atoms with Gasteiger partial charge < -0.3 is 20.5 Å². The summed E-state index contributed by atoms with van der Waals surface area (Å²) in [5.74, 6) is -5.57. The fourth-order valence-electron chi connectivity index (χ4n) is 3.42. The fourth-order valence-corrected chi connectivity index (χ4v) is 3.42. The number of carbonyl (C=O) groups excluding carboxylic acids is 3. The van der Waals surface area contributed by atoms with Crippen molar-refractivity contribution in [2.45, 2.75) is 32.8 Å². The third-order valence-electron chi connectivity index (χ3n) is 4.89. The van der Waals surface area contributed by atoms with E-state index in [1.807, 2.05) is 0 Å². The molecule has 0 aliphatic carbocycles. The number of fused-ring (bicyclic) bond motifs is 1. The van der Waals surface area contributed by atoms with Gasteiger partial charge in [0.2, 0.25) is 0 Å². The Bertz CT molecular complexity index is 1070. The van der Waals surface area contributed by atoms with Gasteiger partial charge in [-0.25, -0.2) is 4.39 Å². The van der Waals surface area contributed by atoms with Gasteiger partial charge in [-0.05, 0) is 24.6 Å². The van der Waals surface area contributed by atoms with E-state index in [9.17, 15) is 18.8 Å². The van der Waals surface area contributed by atoms with Crippen molar-refractivity contribution in [2.24, 2.45) is 5.73 Å². The van der Waals surface area contributed by atoms with Crippen LogP contribution in [0, 0.1) is 11.2 Å². The SMILES string of the molecule is CCO[C@](OC(C)=O)(C(=O)NCc1ccc(C(=N)N)cc1)N1Cc2c(F)cccc2C1=O. The summed E-state index contributed by atoms with van der Waals surface area (Å²) in [6.45, 7) is 2.28. The number of hydrogen-bond acceptors (Lipinski definition) is 6. The van der Waals surface area contributed by atoms with Crippen LogP contribution in [-0.4, -0.2) is 41.0 Å². The minimum Gasteiger partial charge on any atom is -0.405 e. The molecule has 0 unspecified atom stereocenters. The van der Waals surface area contributed by atoms with Crippen LogP contribution in [0.5, 0.6) is 0 Å². The molecule has 0 aromatic heterocycles. The largest absolute Gasteiger partial charge is 0.405 e. The van der Waals surface area contributed by atoms with Crippen molar-refractivity contribution < 1.29 is 28.2 Å². The molecule has 168 valence electrons. The van der Waals surface area contributed by atoms with Gasteiger partial charge in [-0.15, -0.1) is 0 Å². The van der Waals surface area contributed by atoms with E-state index < -0.39 is 29.5 Å². The van der Waals surface area contributed by atoms with Crippen molar-refractivity contribution in [3.63, 3.8) is 0 Å². The van der Waals surface area contributed by atoms with Gasteiger partial charge in [-0.3, -0.25) is 24.7 Å². The second-order valence-corrected chi connectivity index (χ2v) is 7.06. The van der Waals surface area contributed by atoms with E-state index in [0.717, 1.165) is 11.8 Å². The monoisotopic (exact) mass is 442 g/mol. The summed E-state index contributed by atoms with van der Waals surface area (Å²) in [4.78, 5) is 39.1. The molecule has 32 heavy (non-hydrogen) atoms. The zero-order chi connectivity index (χ0) is 23.5. The normalized spacial score (nSPS) is 14.5. The summed E-state index contributed by atoms with van der Waals surface area (Å²) < 4.78 is 25.1. The van der Waals surface area contributed by atoms with Crippen LogP contribution in [-0.2, 0) is 32.2 Å². The molecule has 0 saturated heterocycles. The van der Waals surface area contributed by atoms with E-state index >= 15 is 0 Å². The number of nitrogens with zero attached hydrogens (tertiary/aromatic N) is 1. The van der Waals surface area contributed by atoms with Gasteiger partial charge in [0.25, 0.3) is 5.91 Å². The molecule has 4 N–H and O–H groups in total. The lowest BCUT2D eigenvalue weighted by Gasteiger charge is -2.37. The maximum Gasteiger partial charge on any atom is 0.383 e. The molecule has 1 aliphatic rings. The molecule has 2 amide bonds. The van der Waals surface area contributed by atoms with Crippen molar-refractivity contribution in [1.82, 2.24) is 10.2 Å². The van der Waals surface area contributed by atoms with E-state index in [-0.39, 0.29) is 36.7 Å². The first-order valence-corrected chi connectivity index (χ1v) is 9.84. The Kier molecular flexibility index (Phi) is 6.54. The zero-order valence-electron chi connectivity index (χ0n) is 17.6. The third-order valence-corrected chi connectivity index (χ3v) is 4.89. The molecule has 3 rings (SSSR count). The smallest absolute Gasteiger partial charge is 0.383 e. The molecule has 9 nitrogen and oxygen atoms in total. The number of ether oxygens (including phenoxy) is 2. The summed E-state index contributed by atoms with van der Waals surface area (Å²) in [5.41, 5.74) is 6.77. The van der Waals surface area contributed by atoms with Gasteiger partial charge >= 0.3 is 17.8 Å². The Morgan fingerprint density at radius 3 is 2.50 bits per heavy atom. The molecule has 2 aromatic carbocycles. The van der Waals surface area contributed by atoms with Crippen LogP contribution < -0.4 is 11.1 Å². The first-order chi connectivity index (χ1) is 15.2. The fraction of sp³-hybridized carbons (Fsp3) is 0.273. The van der Waals surface area contributed by atoms with Crippen molar-refractivity contribution in [3.05, 3.63) is 70.5 Å². The number of nitrogen functional groups attached to an aromatic ring is 1. The number of rotatable bonds is 8. The lowest BCUT2D eigenvalue weighted by molar-refractivity contribution is -0.272. The zero-order valence-corrected chi connectivity index (χ0v) is 17.6. The second kappa shape index (κ2) is 9.15. The number of amides is 2. The minimum absolute atomic E-state index is 0.0104. The number of nitrogens with one attached hydrogen (secondary N) is 2. The standard InChI is InChI=1S/C22H23FN4O5/c1-3-31-22(32-13(2)28,27-12-17-16(20(27)29)5-4-6-18(17)23)21(30)26-11-14-7-9-15(10-8-14)19(24)25/h4-10H,3,11-12H2,1-2H3,(H3,24,25)(H,26,30)/t22-/m0/s1. The summed E-state index contributed by atoms with van der Waals surface area (Å²) >= 11 is 0. The highest BCUT2D eigenvalue weighted by Crippen LogP contribution is 2.33. The Hall–Kier alpha value is -3.79. The van der Waals surface area contributed by atoms with E-state index in [0.29, 0.717) is 11.1 Å². The maximum absolute atomic E-state index is 14.3. The summed E-state index contributed by atoms with van der Waals surface area (Å²) in [5, 5.41) is 10.0. The van der Waals surface area contributed by atoms with Crippen LogP contribution in [0.3, 0.4) is 0 Å². The quantitative estimate of drug-likeness (QED) is 0.246. The van der Waals surface area contributed by atoms with Crippen LogP contribution in [0.15, 0.2) is 42.5 Å². The Morgan fingerprint density at radius 1 is 1.25 bits per heavy atom. The molecule has 1 aliphatic heterocycles. The van der Waals surface area contributed by atoms with Crippen LogP contribution >= 0.6 is 0 Å². The Labute approximate surface area is 183 Å². The molecule has 1 heterocycles. The van der Waals surface area contributed by atoms with Crippen molar-refractivity contribution in [2.75, 3.05) is 6.61 Å². The number of esters is 1. The van der Waals surface area contributed by atoms with E-state index in [4.69, 9.17) is 20.6 Å². The van der Waals surface area contributed by atoms with Gasteiger partial charge in [0.15, 0.2) is 0 Å². The molecule has 0 radical (unpaired) electrons. The lowest BCUT2D eigenvalue weighted by Crippen LogP contribution is -2.63. The summed E-state index contributed by atoms with van der Waals surface area (Å²) in [6.07, 6.45) is 0. The summed E-state index contributed by atoms with van der Waals surface area (Å²) in [6, 6.07) is 10.6. The Balaban J connectivity index is 1.90. The molecule has 0 saturated carbocycles. The van der Waals surface area contributed by atoms with Crippen LogP contribution in [0.4, 0.5) is 4.39 Å². The van der Waals surface area contributed by atoms with Crippen molar-refractivity contribution >= 4 is 23.6 Å². The van der Waals surface area contributed by atoms with Gasteiger partial charge in [0.05, 0.1) is 13.2 Å². The molecule has 0 bridgehead atoms. The van der Waals surface area contributed by atoms with Gasteiger partial charge in [-0.1, -0.05) is 30.3 Å². The molecule has 10 heteroatoms. The van der Waals surface area contributed by atoms with E-state index in [1.54, 1.807) is 31.2 Å². The van der Waals surface area contributed by atoms with Crippen molar-refractivity contribution in [1.29, 1.82) is 5.41 Å². The van der Waals surface area contributed by atoms with Crippen LogP contribution in [0.2, 0.25) is 0 Å².